The largest absolute Gasteiger partial charge is 0.456 e. The lowest BCUT2D eigenvalue weighted by Gasteiger charge is -2.12. The van der Waals surface area contributed by atoms with E-state index < -0.39 is 4.92 Å². The Morgan fingerprint density at radius 3 is 2.38 bits per heavy atom. The fraction of sp³-hybridized carbons (Fsp3) is 0.188. The minimum absolute atomic E-state index is 0.00379. The van der Waals surface area contributed by atoms with Crippen LogP contribution in [0.3, 0.4) is 0 Å². The zero-order valence-corrected chi connectivity index (χ0v) is 12.0. The molecule has 0 N–H and O–H groups in total. The molecule has 0 saturated carbocycles. The van der Waals surface area contributed by atoms with Crippen molar-refractivity contribution in [1.29, 1.82) is 0 Å². The van der Waals surface area contributed by atoms with Crippen LogP contribution in [0.1, 0.15) is 28.4 Å². The molecule has 0 radical (unpaired) electrons. The van der Waals surface area contributed by atoms with Crippen LogP contribution in [0.2, 0.25) is 0 Å². The minimum atomic E-state index is -0.446. The summed E-state index contributed by atoms with van der Waals surface area (Å²) in [5.41, 5.74) is 1.79. The first-order valence-electron chi connectivity index (χ1n) is 6.43. The highest BCUT2D eigenvalue weighted by molar-refractivity contribution is 5.96. The molecule has 5 heteroatoms. The third-order valence-electron chi connectivity index (χ3n) is 3.18. The van der Waals surface area contributed by atoms with Crippen molar-refractivity contribution in [3.05, 3.63) is 63.2 Å². The van der Waals surface area contributed by atoms with Crippen molar-refractivity contribution in [2.75, 3.05) is 0 Å². The molecule has 2 aromatic rings. The Morgan fingerprint density at radius 2 is 1.76 bits per heavy atom. The van der Waals surface area contributed by atoms with E-state index in [1.54, 1.807) is 37.3 Å². The van der Waals surface area contributed by atoms with Crippen LogP contribution in [0.15, 0.2) is 36.4 Å². The Morgan fingerprint density at radius 1 is 1.10 bits per heavy atom. The van der Waals surface area contributed by atoms with Crippen LogP contribution in [0.25, 0.3) is 0 Å². The van der Waals surface area contributed by atoms with E-state index in [0.29, 0.717) is 22.6 Å². The van der Waals surface area contributed by atoms with Crippen molar-refractivity contribution in [2.24, 2.45) is 0 Å². The average Bonchev–Trinajstić information content (AvgIpc) is 2.41. The second-order valence-electron chi connectivity index (χ2n) is 4.82. The number of Topliss-reactive ketones (excluding diaryl/α,β-unsaturated/α-hetero) is 1. The lowest BCUT2D eigenvalue weighted by Crippen LogP contribution is -1.99. The number of benzene rings is 2. The molecule has 0 aliphatic carbocycles. The molecule has 0 heterocycles. The van der Waals surface area contributed by atoms with Gasteiger partial charge in [0.2, 0.25) is 0 Å². The van der Waals surface area contributed by atoms with Crippen LogP contribution in [-0.4, -0.2) is 10.7 Å². The van der Waals surface area contributed by atoms with Gasteiger partial charge in [-0.25, -0.2) is 0 Å². The summed E-state index contributed by atoms with van der Waals surface area (Å²) >= 11 is 0. The van der Waals surface area contributed by atoms with Crippen LogP contribution in [0.4, 0.5) is 5.69 Å². The number of ether oxygens (including phenoxy) is 1. The number of carbonyl (C=O) groups is 1. The maximum absolute atomic E-state index is 11.6. The fourth-order valence-corrected chi connectivity index (χ4v) is 2.09. The Hall–Kier alpha value is -2.69. The molecule has 0 spiro atoms. The zero-order chi connectivity index (χ0) is 15.6. The molecule has 5 nitrogen and oxygen atoms in total. The van der Waals surface area contributed by atoms with Crippen molar-refractivity contribution < 1.29 is 14.5 Å². The van der Waals surface area contributed by atoms with Crippen LogP contribution < -0.4 is 4.74 Å². The van der Waals surface area contributed by atoms with E-state index in [4.69, 9.17) is 4.74 Å². The molecule has 0 amide bonds. The standard InChI is InChI=1S/C16H15NO4/c1-10-8-11(2)16(9-14(10)17(19)20)21-15-7-5-4-6-13(15)12(3)18/h4-9H,1-3H3. The lowest BCUT2D eigenvalue weighted by atomic mass is 10.1. The highest BCUT2D eigenvalue weighted by atomic mass is 16.6. The minimum Gasteiger partial charge on any atom is -0.456 e. The van der Waals surface area contributed by atoms with E-state index in [1.165, 1.54) is 13.0 Å². The van der Waals surface area contributed by atoms with E-state index in [1.807, 2.05) is 6.92 Å². The molecule has 108 valence electrons. The zero-order valence-electron chi connectivity index (χ0n) is 12.0. The van der Waals surface area contributed by atoms with Gasteiger partial charge in [0.1, 0.15) is 11.5 Å². The molecular formula is C16H15NO4. The Labute approximate surface area is 122 Å². The third kappa shape index (κ3) is 3.08. The van der Waals surface area contributed by atoms with Gasteiger partial charge in [0.15, 0.2) is 5.78 Å². The number of carbonyl (C=O) groups excluding carboxylic acids is 1. The van der Waals surface area contributed by atoms with Gasteiger partial charge < -0.3 is 4.74 Å². The number of nitro groups is 1. The summed E-state index contributed by atoms with van der Waals surface area (Å²) in [4.78, 5) is 22.1. The van der Waals surface area contributed by atoms with Crippen LogP contribution in [0.5, 0.6) is 11.5 Å². The molecule has 2 aromatic carbocycles. The second-order valence-corrected chi connectivity index (χ2v) is 4.82. The van der Waals surface area contributed by atoms with Crippen molar-refractivity contribution in [3.8, 4) is 11.5 Å². The Balaban J connectivity index is 2.47. The van der Waals surface area contributed by atoms with E-state index in [0.717, 1.165) is 5.56 Å². The van der Waals surface area contributed by atoms with Gasteiger partial charge >= 0.3 is 0 Å². The maximum Gasteiger partial charge on any atom is 0.276 e. The Bertz CT molecular complexity index is 722. The smallest absolute Gasteiger partial charge is 0.276 e. The number of ketones is 1. The molecule has 0 fully saturated rings. The molecule has 0 aliphatic rings. The van der Waals surface area contributed by atoms with Crippen molar-refractivity contribution in [3.63, 3.8) is 0 Å². The monoisotopic (exact) mass is 285 g/mol. The predicted molar refractivity (Wildman–Crippen MR) is 79.1 cm³/mol. The number of nitro benzene ring substituents is 1. The van der Waals surface area contributed by atoms with Gasteiger partial charge in [0.25, 0.3) is 5.69 Å². The van der Waals surface area contributed by atoms with Gasteiger partial charge in [-0.3, -0.25) is 14.9 Å². The van der Waals surface area contributed by atoms with Gasteiger partial charge in [0.05, 0.1) is 16.6 Å². The molecular weight excluding hydrogens is 270 g/mol. The predicted octanol–water partition coefficient (Wildman–Crippen LogP) is 4.21. The average molecular weight is 285 g/mol. The first kappa shape index (κ1) is 14.7. The van der Waals surface area contributed by atoms with Crippen molar-refractivity contribution >= 4 is 11.5 Å². The summed E-state index contributed by atoms with van der Waals surface area (Å²) in [6, 6.07) is 9.91. The van der Waals surface area contributed by atoms with Gasteiger partial charge in [0, 0.05) is 5.56 Å². The summed E-state index contributed by atoms with van der Waals surface area (Å²) in [6.07, 6.45) is 0. The number of para-hydroxylation sites is 1. The van der Waals surface area contributed by atoms with Gasteiger partial charge in [-0.15, -0.1) is 0 Å². The number of hydrogen-bond acceptors (Lipinski definition) is 4. The van der Waals surface area contributed by atoms with E-state index in [9.17, 15) is 14.9 Å². The number of hydrogen-bond donors (Lipinski definition) is 0. The van der Waals surface area contributed by atoms with Gasteiger partial charge in [-0.05, 0) is 44.5 Å². The quantitative estimate of drug-likeness (QED) is 0.479. The molecule has 0 aromatic heterocycles. The molecule has 0 saturated heterocycles. The molecule has 2 rings (SSSR count). The van der Waals surface area contributed by atoms with E-state index >= 15 is 0 Å². The molecule has 0 atom stereocenters. The normalized spacial score (nSPS) is 10.2. The maximum atomic E-state index is 11.6. The third-order valence-corrected chi connectivity index (χ3v) is 3.18. The van der Waals surface area contributed by atoms with Gasteiger partial charge in [-0.1, -0.05) is 12.1 Å². The Kier molecular flexibility index (Phi) is 4.03. The SMILES string of the molecule is CC(=O)c1ccccc1Oc1cc([N+](=O)[O-])c(C)cc1C. The first-order chi connectivity index (χ1) is 9.90. The van der Waals surface area contributed by atoms with Crippen molar-refractivity contribution in [1.82, 2.24) is 0 Å². The highest BCUT2D eigenvalue weighted by Gasteiger charge is 2.16. The number of aryl methyl sites for hydroxylation is 2. The van der Waals surface area contributed by atoms with Crippen LogP contribution in [0, 0.1) is 24.0 Å². The highest BCUT2D eigenvalue weighted by Crippen LogP contribution is 2.33. The number of nitrogens with zero attached hydrogens (tertiary/aromatic N) is 1. The second kappa shape index (κ2) is 5.75. The summed E-state index contributed by atoms with van der Waals surface area (Å²) in [6.45, 7) is 4.94. The molecule has 21 heavy (non-hydrogen) atoms. The van der Waals surface area contributed by atoms with Crippen molar-refractivity contribution in [2.45, 2.75) is 20.8 Å². The molecule has 0 bridgehead atoms. The van der Waals surface area contributed by atoms with Crippen LogP contribution in [-0.2, 0) is 0 Å². The first-order valence-corrected chi connectivity index (χ1v) is 6.43. The molecule has 0 aliphatic heterocycles. The summed E-state index contributed by atoms with van der Waals surface area (Å²) in [7, 11) is 0. The lowest BCUT2D eigenvalue weighted by molar-refractivity contribution is -0.385. The van der Waals surface area contributed by atoms with Crippen LogP contribution >= 0.6 is 0 Å². The van der Waals surface area contributed by atoms with Gasteiger partial charge in [-0.2, -0.15) is 0 Å². The summed E-state index contributed by atoms with van der Waals surface area (Å²) in [5, 5.41) is 11.0. The van der Waals surface area contributed by atoms with E-state index in [-0.39, 0.29) is 11.5 Å². The topological polar surface area (TPSA) is 69.4 Å². The molecule has 0 unspecified atom stereocenters. The summed E-state index contributed by atoms with van der Waals surface area (Å²) in [5.74, 6) is 0.650. The summed E-state index contributed by atoms with van der Waals surface area (Å²) < 4.78 is 5.72. The fourth-order valence-electron chi connectivity index (χ4n) is 2.09. The number of rotatable bonds is 4. The van der Waals surface area contributed by atoms with E-state index in [2.05, 4.69) is 0 Å².